The van der Waals surface area contributed by atoms with Gasteiger partial charge in [-0.25, -0.2) is 4.98 Å². The average Bonchev–Trinajstić information content (AvgIpc) is 2.95. The lowest BCUT2D eigenvalue weighted by Crippen LogP contribution is -1.86. The minimum absolute atomic E-state index is 0.755. The minimum Gasteiger partial charge on any atom is -0.399 e. The van der Waals surface area contributed by atoms with Gasteiger partial charge in [0.15, 0.2) is 0 Å². The van der Waals surface area contributed by atoms with Crippen LogP contribution >= 0.6 is 0 Å². The quantitative estimate of drug-likeness (QED) is 0.776. The maximum absolute atomic E-state index is 5.66. The zero-order valence-electron chi connectivity index (χ0n) is 13.8. The van der Waals surface area contributed by atoms with E-state index >= 15 is 0 Å². The summed E-state index contributed by atoms with van der Waals surface area (Å²) in [5, 5.41) is 0. The van der Waals surface area contributed by atoms with E-state index in [1.807, 2.05) is 81.9 Å². The van der Waals surface area contributed by atoms with E-state index in [1.165, 1.54) is 0 Å². The smallest absolute Gasteiger partial charge is 0.136 e. The van der Waals surface area contributed by atoms with Crippen LogP contribution in [-0.4, -0.2) is 9.55 Å². The van der Waals surface area contributed by atoms with Crippen molar-refractivity contribution in [3.8, 4) is 11.3 Å². The van der Waals surface area contributed by atoms with Crippen molar-refractivity contribution < 1.29 is 0 Å². The van der Waals surface area contributed by atoms with E-state index < -0.39 is 0 Å². The lowest BCUT2D eigenvalue weighted by molar-refractivity contribution is 1.10. The Morgan fingerprint density at radius 1 is 1.10 bits per heavy atom. The first kappa shape index (κ1) is 18.7. The second-order valence-electron chi connectivity index (χ2n) is 3.70. The normalized spacial score (nSPS) is 9.38. The van der Waals surface area contributed by atoms with Gasteiger partial charge in [0.1, 0.15) is 5.82 Å². The first-order valence-electron chi connectivity index (χ1n) is 7.44. The fraction of sp³-hybridized carbons (Fsp3) is 0.278. The third kappa shape index (κ3) is 5.30. The van der Waals surface area contributed by atoms with Gasteiger partial charge in [0, 0.05) is 23.6 Å². The van der Waals surface area contributed by atoms with Crippen LogP contribution in [0.5, 0.6) is 0 Å². The molecule has 1 aromatic heterocycles. The molecule has 0 aliphatic carbocycles. The average molecular weight is 285 g/mol. The van der Waals surface area contributed by atoms with E-state index in [2.05, 4.69) is 11.6 Å². The van der Waals surface area contributed by atoms with Crippen molar-refractivity contribution in [3.63, 3.8) is 0 Å². The molecule has 0 aliphatic heterocycles. The Morgan fingerprint density at radius 2 is 1.67 bits per heavy atom. The van der Waals surface area contributed by atoms with Gasteiger partial charge in [0.05, 0.1) is 5.69 Å². The molecule has 114 valence electrons. The molecule has 2 aromatic rings. The third-order valence-electron chi connectivity index (χ3n) is 2.46. The van der Waals surface area contributed by atoms with Crippen LogP contribution in [0, 0.1) is 0 Å². The summed E-state index contributed by atoms with van der Waals surface area (Å²) in [6.07, 6.45) is 7.62. The summed E-state index contributed by atoms with van der Waals surface area (Å²) < 4.78 is 1.94. The number of aromatic nitrogens is 2. The monoisotopic (exact) mass is 285 g/mol. The Hall–Kier alpha value is -2.29. The summed E-state index contributed by atoms with van der Waals surface area (Å²) in [4.78, 5) is 4.50. The van der Waals surface area contributed by atoms with E-state index in [9.17, 15) is 0 Å². The molecule has 2 rings (SSSR count). The van der Waals surface area contributed by atoms with E-state index in [0.29, 0.717) is 0 Å². The number of nitrogen functional groups attached to an aromatic ring is 1. The van der Waals surface area contributed by atoms with Gasteiger partial charge in [0.25, 0.3) is 0 Å². The largest absolute Gasteiger partial charge is 0.399 e. The summed E-state index contributed by atoms with van der Waals surface area (Å²) in [7, 11) is 0. The molecule has 0 saturated heterocycles. The third-order valence-corrected chi connectivity index (χ3v) is 2.46. The van der Waals surface area contributed by atoms with Crippen molar-refractivity contribution in [1.82, 2.24) is 9.55 Å². The molecule has 0 amide bonds. The van der Waals surface area contributed by atoms with Crippen LogP contribution in [0.25, 0.3) is 23.5 Å². The number of rotatable bonds is 3. The van der Waals surface area contributed by atoms with E-state index in [4.69, 9.17) is 5.73 Å². The molecule has 0 spiro atoms. The van der Waals surface area contributed by atoms with Crippen molar-refractivity contribution in [2.75, 3.05) is 5.73 Å². The number of benzene rings is 1. The van der Waals surface area contributed by atoms with E-state index in [-0.39, 0.29) is 0 Å². The Labute approximate surface area is 128 Å². The Balaban J connectivity index is 0.000000921. The molecule has 3 nitrogen and oxygen atoms in total. The predicted molar refractivity (Wildman–Crippen MR) is 95.9 cm³/mol. The lowest BCUT2D eigenvalue weighted by atomic mass is 10.1. The number of hydrogen-bond donors (Lipinski definition) is 1. The van der Waals surface area contributed by atoms with Crippen molar-refractivity contribution in [3.05, 3.63) is 48.9 Å². The second kappa shape index (κ2) is 10.5. The van der Waals surface area contributed by atoms with Crippen LogP contribution < -0.4 is 5.73 Å². The van der Waals surface area contributed by atoms with Gasteiger partial charge in [-0.3, -0.25) is 0 Å². The van der Waals surface area contributed by atoms with Gasteiger partial charge in [-0.2, -0.15) is 0 Å². The molecule has 3 heteroatoms. The first-order valence-corrected chi connectivity index (χ1v) is 7.44. The van der Waals surface area contributed by atoms with Crippen molar-refractivity contribution >= 4 is 18.0 Å². The second-order valence-corrected chi connectivity index (χ2v) is 3.70. The lowest BCUT2D eigenvalue weighted by Gasteiger charge is -1.96. The highest BCUT2D eigenvalue weighted by Gasteiger charge is 2.05. The van der Waals surface area contributed by atoms with Gasteiger partial charge in [0.2, 0.25) is 0 Å². The first-order chi connectivity index (χ1) is 10.2. The van der Waals surface area contributed by atoms with Gasteiger partial charge in [-0.1, -0.05) is 52.5 Å². The van der Waals surface area contributed by atoms with Gasteiger partial charge in [-0.15, -0.1) is 0 Å². The molecule has 0 radical (unpaired) electrons. The van der Waals surface area contributed by atoms with Crippen molar-refractivity contribution in [2.24, 2.45) is 0 Å². The zero-order valence-corrected chi connectivity index (χ0v) is 13.8. The molecule has 0 saturated carbocycles. The summed E-state index contributed by atoms with van der Waals surface area (Å²) in [5.41, 5.74) is 8.38. The van der Waals surface area contributed by atoms with Crippen LogP contribution in [0.3, 0.4) is 0 Å². The molecule has 0 atom stereocenters. The summed E-state index contributed by atoms with van der Waals surface area (Å²) >= 11 is 0. The highest BCUT2D eigenvalue weighted by atomic mass is 15.1. The molecule has 1 heterocycles. The molecule has 0 unspecified atom stereocenters. The van der Waals surface area contributed by atoms with Crippen LogP contribution in [0.2, 0.25) is 0 Å². The van der Waals surface area contributed by atoms with E-state index in [1.54, 1.807) is 6.08 Å². The maximum atomic E-state index is 5.66. The topological polar surface area (TPSA) is 43.8 Å². The molecule has 2 N–H and O–H groups in total. The zero-order chi connectivity index (χ0) is 16.3. The highest BCUT2D eigenvalue weighted by Crippen LogP contribution is 2.20. The van der Waals surface area contributed by atoms with Gasteiger partial charge >= 0.3 is 0 Å². The Kier molecular flexibility index (Phi) is 9.35. The van der Waals surface area contributed by atoms with Gasteiger partial charge in [-0.05, 0) is 25.1 Å². The molecular weight excluding hydrogens is 258 g/mol. The van der Waals surface area contributed by atoms with Crippen LogP contribution in [-0.2, 0) is 0 Å². The fourth-order valence-electron chi connectivity index (χ4n) is 1.63. The molecule has 0 fully saturated rings. The fourth-order valence-corrected chi connectivity index (χ4v) is 1.63. The summed E-state index contributed by atoms with van der Waals surface area (Å²) in [6, 6.07) is 7.67. The number of nitrogens with two attached hydrogens (primary N) is 1. The number of nitrogens with zero attached hydrogens (tertiary/aromatic N) is 2. The summed E-state index contributed by atoms with van der Waals surface area (Å²) in [6.45, 7) is 13.7. The van der Waals surface area contributed by atoms with Gasteiger partial charge < -0.3 is 10.3 Å². The van der Waals surface area contributed by atoms with Crippen LogP contribution in [0.1, 0.15) is 40.4 Å². The van der Waals surface area contributed by atoms with E-state index in [0.717, 1.165) is 22.8 Å². The maximum Gasteiger partial charge on any atom is 0.136 e. The van der Waals surface area contributed by atoms with Crippen molar-refractivity contribution in [1.29, 1.82) is 0 Å². The molecule has 21 heavy (non-hydrogen) atoms. The van der Waals surface area contributed by atoms with Crippen LogP contribution in [0.4, 0.5) is 5.69 Å². The number of anilines is 1. The number of imidazole rings is 1. The highest BCUT2D eigenvalue weighted by molar-refractivity contribution is 5.64. The minimum atomic E-state index is 0.755. The Bertz CT molecular complexity index is 548. The molecule has 1 aromatic carbocycles. The summed E-state index contributed by atoms with van der Waals surface area (Å²) in [5.74, 6) is 0.829. The molecule has 0 aliphatic rings. The molecular formula is C18H27N3. The molecule has 0 bridgehead atoms. The Morgan fingerprint density at radius 3 is 2.14 bits per heavy atom. The standard InChI is InChI=1S/C14H15N3.2C2H6/c1-3-9-17-10-13(16-14(17)4-2)11-5-7-12(15)8-6-11;2*1-2/h3-10H,2,15H2,1H3;2*1-2H3/b9-3-;;. The SMILES string of the molecule is C=Cc1nc(-c2ccc(N)cc2)cn1/C=C\C.CC.CC. The number of hydrogen-bond acceptors (Lipinski definition) is 2. The van der Waals surface area contributed by atoms with Crippen LogP contribution in [0.15, 0.2) is 43.1 Å². The van der Waals surface area contributed by atoms with Crippen molar-refractivity contribution in [2.45, 2.75) is 34.6 Å². The number of allylic oxidation sites excluding steroid dienone is 1. The predicted octanol–water partition coefficient (Wildman–Crippen LogP) is 5.32.